The van der Waals surface area contributed by atoms with Gasteiger partial charge in [0.15, 0.2) is 0 Å². The summed E-state index contributed by atoms with van der Waals surface area (Å²) in [7, 11) is 0. The van der Waals surface area contributed by atoms with Gasteiger partial charge in [0.2, 0.25) is 0 Å². The van der Waals surface area contributed by atoms with Crippen molar-refractivity contribution in [2.75, 3.05) is 0 Å². The highest BCUT2D eigenvalue weighted by molar-refractivity contribution is 5.85. The fraction of sp³-hybridized carbons (Fsp3) is 0.125. The summed E-state index contributed by atoms with van der Waals surface area (Å²) in [5, 5.41) is 21.9. The van der Waals surface area contributed by atoms with Crippen LogP contribution in [0.5, 0.6) is 5.75 Å². The number of aryl methyl sites for hydroxylation is 1. The molecule has 3 rings (SSSR count). The summed E-state index contributed by atoms with van der Waals surface area (Å²) < 4.78 is 0. The van der Waals surface area contributed by atoms with Crippen LogP contribution in [0.25, 0.3) is 10.9 Å². The molecule has 106 valence electrons. The van der Waals surface area contributed by atoms with Crippen LogP contribution in [-0.2, 0) is 6.42 Å². The Morgan fingerprint density at radius 1 is 1.24 bits per heavy atom. The number of rotatable bonds is 3. The molecule has 0 spiro atoms. The Hall–Kier alpha value is -2.82. The Balaban J connectivity index is 2.08. The Kier molecular flexibility index (Phi) is 3.10. The van der Waals surface area contributed by atoms with Crippen LogP contribution >= 0.6 is 0 Å². The number of aromatic nitrogens is 1. The van der Waals surface area contributed by atoms with Crippen LogP contribution in [0.3, 0.4) is 0 Å². The molecule has 2 N–H and O–H groups in total. The molecule has 0 atom stereocenters. The first-order valence-corrected chi connectivity index (χ1v) is 6.58. The van der Waals surface area contributed by atoms with E-state index in [4.69, 9.17) is 0 Å². The summed E-state index contributed by atoms with van der Waals surface area (Å²) in [5.74, 6) is 0.0743. The lowest BCUT2D eigenvalue weighted by Crippen LogP contribution is -1.94. The molecule has 0 bridgehead atoms. The van der Waals surface area contributed by atoms with Crippen molar-refractivity contribution in [2.45, 2.75) is 13.3 Å². The third kappa shape index (κ3) is 2.33. The van der Waals surface area contributed by atoms with E-state index in [2.05, 4.69) is 4.98 Å². The molecule has 1 aromatic heterocycles. The largest absolute Gasteiger partial charge is 0.508 e. The minimum atomic E-state index is -0.453. The maximum Gasteiger partial charge on any atom is 0.269 e. The van der Waals surface area contributed by atoms with Crippen molar-refractivity contribution in [3.05, 3.63) is 69.4 Å². The molecule has 2 aromatic carbocycles. The number of aromatic amines is 1. The molecule has 0 amide bonds. The molecule has 0 aliphatic heterocycles. The van der Waals surface area contributed by atoms with Gasteiger partial charge in [0.25, 0.3) is 5.69 Å². The fourth-order valence-corrected chi connectivity index (χ4v) is 2.58. The molecule has 5 nitrogen and oxygen atoms in total. The van der Waals surface area contributed by atoms with Crippen LogP contribution in [0.15, 0.2) is 42.5 Å². The lowest BCUT2D eigenvalue weighted by molar-refractivity contribution is -0.384. The number of para-hydroxylation sites is 1. The molecule has 3 aromatic rings. The first-order valence-electron chi connectivity index (χ1n) is 6.58. The highest BCUT2D eigenvalue weighted by atomic mass is 16.6. The van der Waals surface area contributed by atoms with Crippen molar-refractivity contribution in [1.82, 2.24) is 4.98 Å². The van der Waals surface area contributed by atoms with Crippen LogP contribution in [0.1, 0.15) is 16.8 Å². The molecule has 5 heteroatoms. The second-order valence-corrected chi connectivity index (χ2v) is 5.02. The highest BCUT2D eigenvalue weighted by Crippen LogP contribution is 2.29. The normalized spacial score (nSPS) is 10.9. The number of aromatic hydroxyl groups is 1. The summed E-state index contributed by atoms with van der Waals surface area (Å²) in [6.45, 7) is 1.96. The zero-order valence-corrected chi connectivity index (χ0v) is 11.5. The van der Waals surface area contributed by atoms with Gasteiger partial charge in [-0.05, 0) is 24.6 Å². The lowest BCUT2D eigenvalue weighted by Gasteiger charge is -2.05. The number of nitrogens with one attached hydrogen (secondary N) is 1. The molecular weight excluding hydrogens is 268 g/mol. The van der Waals surface area contributed by atoms with Gasteiger partial charge in [-0.2, -0.15) is 0 Å². The van der Waals surface area contributed by atoms with Gasteiger partial charge in [0, 0.05) is 40.7 Å². The standard InChI is InChI=1S/C16H14N2O3/c1-10-14(13-4-2-3-5-15(13)17-10)9-11-8-12(18(20)21)6-7-16(11)19/h2-8,17,19H,9H2,1H3. The number of phenolic OH excluding ortho intramolecular Hbond substituents is 1. The molecule has 0 saturated carbocycles. The predicted molar refractivity (Wildman–Crippen MR) is 80.6 cm³/mol. The summed E-state index contributed by atoms with van der Waals surface area (Å²) in [6.07, 6.45) is 0.448. The van der Waals surface area contributed by atoms with Crippen molar-refractivity contribution in [3.63, 3.8) is 0 Å². The van der Waals surface area contributed by atoms with Gasteiger partial charge in [-0.25, -0.2) is 0 Å². The van der Waals surface area contributed by atoms with Gasteiger partial charge >= 0.3 is 0 Å². The van der Waals surface area contributed by atoms with Gasteiger partial charge in [-0.1, -0.05) is 18.2 Å². The van der Waals surface area contributed by atoms with E-state index in [1.807, 2.05) is 31.2 Å². The van der Waals surface area contributed by atoms with Crippen LogP contribution in [0, 0.1) is 17.0 Å². The minimum absolute atomic E-state index is 0.0136. The Bertz CT molecular complexity index is 837. The van der Waals surface area contributed by atoms with E-state index in [1.54, 1.807) is 0 Å². The van der Waals surface area contributed by atoms with Gasteiger partial charge < -0.3 is 10.1 Å². The van der Waals surface area contributed by atoms with Gasteiger partial charge in [0.1, 0.15) is 5.75 Å². The van der Waals surface area contributed by atoms with Crippen LogP contribution in [-0.4, -0.2) is 15.0 Å². The monoisotopic (exact) mass is 282 g/mol. The van der Waals surface area contributed by atoms with E-state index >= 15 is 0 Å². The van der Waals surface area contributed by atoms with Gasteiger partial charge in [-0.3, -0.25) is 10.1 Å². The third-order valence-electron chi connectivity index (χ3n) is 3.67. The topological polar surface area (TPSA) is 79.2 Å². The van der Waals surface area contributed by atoms with E-state index in [0.29, 0.717) is 12.0 Å². The van der Waals surface area contributed by atoms with E-state index < -0.39 is 4.92 Å². The number of non-ortho nitro benzene ring substituents is 1. The molecule has 0 radical (unpaired) electrons. The van der Waals surface area contributed by atoms with Crippen molar-refractivity contribution in [1.29, 1.82) is 0 Å². The number of benzene rings is 2. The minimum Gasteiger partial charge on any atom is -0.508 e. The first-order chi connectivity index (χ1) is 10.1. The third-order valence-corrected chi connectivity index (χ3v) is 3.67. The Morgan fingerprint density at radius 3 is 2.76 bits per heavy atom. The van der Waals surface area contributed by atoms with Gasteiger partial charge in [-0.15, -0.1) is 0 Å². The van der Waals surface area contributed by atoms with E-state index in [0.717, 1.165) is 22.2 Å². The number of nitro groups is 1. The fourth-order valence-electron chi connectivity index (χ4n) is 2.58. The van der Waals surface area contributed by atoms with Crippen molar-refractivity contribution >= 4 is 16.6 Å². The van der Waals surface area contributed by atoms with E-state index in [9.17, 15) is 15.2 Å². The Morgan fingerprint density at radius 2 is 2.00 bits per heavy atom. The number of hydrogen-bond donors (Lipinski definition) is 2. The van der Waals surface area contributed by atoms with Crippen LogP contribution in [0.2, 0.25) is 0 Å². The van der Waals surface area contributed by atoms with E-state index in [1.165, 1.54) is 18.2 Å². The summed E-state index contributed by atoms with van der Waals surface area (Å²) >= 11 is 0. The molecule has 1 heterocycles. The van der Waals surface area contributed by atoms with Crippen molar-refractivity contribution in [3.8, 4) is 5.75 Å². The van der Waals surface area contributed by atoms with Crippen molar-refractivity contribution < 1.29 is 10.0 Å². The average molecular weight is 282 g/mol. The number of hydrogen-bond acceptors (Lipinski definition) is 3. The zero-order chi connectivity index (χ0) is 15.0. The number of fused-ring (bicyclic) bond motifs is 1. The second-order valence-electron chi connectivity index (χ2n) is 5.02. The predicted octanol–water partition coefficient (Wildman–Crippen LogP) is 3.68. The van der Waals surface area contributed by atoms with Crippen molar-refractivity contribution in [2.24, 2.45) is 0 Å². The smallest absolute Gasteiger partial charge is 0.269 e. The van der Waals surface area contributed by atoms with Gasteiger partial charge in [0.05, 0.1) is 4.92 Å². The Labute approximate surface area is 121 Å². The molecule has 0 aliphatic carbocycles. The summed E-state index contributed by atoms with van der Waals surface area (Å²) in [5.41, 5.74) is 3.61. The summed E-state index contributed by atoms with van der Waals surface area (Å²) in [6, 6.07) is 12.0. The number of nitro benzene ring substituents is 1. The van der Waals surface area contributed by atoms with Crippen LogP contribution < -0.4 is 0 Å². The number of nitrogens with zero attached hydrogens (tertiary/aromatic N) is 1. The van der Waals surface area contributed by atoms with E-state index in [-0.39, 0.29) is 11.4 Å². The van der Waals surface area contributed by atoms with Crippen LogP contribution in [0.4, 0.5) is 5.69 Å². The maximum atomic E-state index is 10.9. The second kappa shape index (κ2) is 4.94. The average Bonchev–Trinajstić information content (AvgIpc) is 2.77. The lowest BCUT2D eigenvalue weighted by atomic mass is 10.0. The molecule has 0 aliphatic rings. The molecule has 21 heavy (non-hydrogen) atoms. The zero-order valence-electron chi connectivity index (χ0n) is 11.5. The quantitative estimate of drug-likeness (QED) is 0.568. The number of H-pyrrole nitrogens is 1. The maximum absolute atomic E-state index is 10.9. The first kappa shape index (κ1) is 13.2. The molecule has 0 unspecified atom stereocenters. The molecule has 0 saturated heterocycles. The highest BCUT2D eigenvalue weighted by Gasteiger charge is 2.14. The SMILES string of the molecule is Cc1[nH]c2ccccc2c1Cc1cc([N+](=O)[O-])ccc1O. The summed E-state index contributed by atoms with van der Waals surface area (Å²) in [4.78, 5) is 13.7. The molecule has 0 fully saturated rings. The molecular formula is C16H14N2O3. The number of phenols is 1.